The molecule has 0 unspecified atom stereocenters. The molecule has 0 saturated carbocycles. The molecule has 0 aromatic heterocycles. The molecule has 1 aromatic rings. The number of likely N-dealkylation sites (N-methyl/N-ethyl adjacent to an activating group) is 1. The molecule has 0 radical (unpaired) electrons. The van der Waals surface area contributed by atoms with Crippen LogP contribution in [0.4, 0.5) is 5.69 Å². The van der Waals surface area contributed by atoms with Gasteiger partial charge in [0.15, 0.2) is 0 Å². The van der Waals surface area contributed by atoms with Gasteiger partial charge in [-0.05, 0) is 48.2 Å². The monoisotopic (exact) mass is 311 g/mol. The Morgan fingerprint density at radius 1 is 1.39 bits per heavy atom. The van der Waals surface area contributed by atoms with Crippen molar-refractivity contribution in [3.63, 3.8) is 0 Å². The standard InChI is InChI=1S/C13H18BrN3O/c1-17(2)6-8-18-7-5-16-12-4-3-11(10-15)13(14)9-12/h3-4,9,16H,5-8H2,1-2H3. The smallest absolute Gasteiger partial charge is 0.100 e. The molecule has 0 bridgehead atoms. The summed E-state index contributed by atoms with van der Waals surface area (Å²) in [5.74, 6) is 0. The summed E-state index contributed by atoms with van der Waals surface area (Å²) in [6, 6.07) is 7.70. The Labute approximate surface area is 117 Å². The largest absolute Gasteiger partial charge is 0.383 e. The summed E-state index contributed by atoms with van der Waals surface area (Å²) in [7, 11) is 4.05. The third-order valence-corrected chi connectivity index (χ3v) is 3.00. The number of nitriles is 1. The van der Waals surface area contributed by atoms with Gasteiger partial charge in [0.1, 0.15) is 6.07 Å². The van der Waals surface area contributed by atoms with Crippen molar-refractivity contribution in [1.29, 1.82) is 5.26 Å². The van der Waals surface area contributed by atoms with Crippen molar-refractivity contribution in [2.75, 3.05) is 45.7 Å². The van der Waals surface area contributed by atoms with E-state index in [1.165, 1.54) is 0 Å². The van der Waals surface area contributed by atoms with Crippen molar-refractivity contribution >= 4 is 21.6 Å². The molecular weight excluding hydrogens is 294 g/mol. The second kappa shape index (κ2) is 8.09. The molecule has 0 aliphatic carbocycles. The number of rotatable bonds is 7. The van der Waals surface area contributed by atoms with E-state index in [0.29, 0.717) is 12.2 Å². The van der Waals surface area contributed by atoms with Crippen LogP contribution >= 0.6 is 15.9 Å². The van der Waals surface area contributed by atoms with Crippen LogP contribution in [0.25, 0.3) is 0 Å². The molecule has 5 heteroatoms. The van der Waals surface area contributed by atoms with Gasteiger partial charge in [-0.2, -0.15) is 5.26 Å². The van der Waals surface area contributed by atoms with E-state index in [1.54, 1.807) is 6.07 Å². The molecule has 1 N–H and O–H groups in total. The van der Waals surface area contributed by atoms with Crippen molar-refractivity contribution in [3.8, 4) is 6.07 Å². The zero-order chi connectivity index (χ0) is 13.4. The second-order valence-corrected chi connectivity index (χ2v) is 5.00. The van der Waals surface area contributed by atoms with Gasteiger partial charge in [0, 0.05) is 23.2 Å². The zero-order valence-corrected chi connectivity index (χ0v) is 12.3. The summed E-state index contributed by atoms with van der Waals surface area (Å²) in [6.45, 7) is 3.10. The van der Waals surface area contributed by atoms with Crippen molar-refractivity contribution in [2.24, 2.45) is 0 Å². The molecule has 0 saturated heterocycles. The third kappa shape index (κ3) is 5.50. The van der Waals surface area contributed by atoms with Gasteiger partial charge in [-0.15, -0.1) is 0 Å². The minimum atomic E-state index is 0.641. The van der Waals surface area contributed by atoms with Crippen LogP contribution in [-0.2, 0) is 4.74 Å². The van der Waals surface area contributed by atoms with Gasteiger partial charge < -0.3 is 15.0 Å². The minimum absolute atomic E-state index is 0.641. The first-order valence-corrected chi connectivity index (χ1v) is 6.59. The van der Waals surface area contributed by atoms with Crippen LogP contribution in [0.3, 0.4) is 0 Å². The molecule has 0 aliphatic rings. The Morgan fingerprint density at radius 2 is 2.17 bits per heavy atom. The number of benzene rings is 1. The van der Waals surface area contributed by atoms with Gasteiger partial charge >= 0.3 is 0 Å². The van der Waals surface area contributed by atoms with Crippen LogP contribution in [0.15, 0.2) is 22.7 Å². The van der Waals surface area contributed by atoms with E-state index in [0.717, 1.165) is 29.9 Å². The van der Waals surface area contributed by atoms with Gasteiger partial charge in [0.2, 0.25) is 0 Å². The zero-order valence-electron chi connectivity index (χ0n) is 10.7. The fraction of sp³-hybridized carbons (Fsp3) is 0.462. The van der Waals surface area contributed by atoms with E-state index in [9.17, 15) is 0 Å². The van der Waals surface area contributed by atoms with Crippen molar-refractivity contribution in [1.82, 2.24) is 4.90 Å². The summed E-state index contributed by atoms with van der Waals surface area (Å²) < 4.78 is 6.28. The minimum Gasteiger partial charge on any atom is -0.383 e. The lowest BCUT2D eigenvalue weighted by Gasteiger charge is -2.11. The lowest BCUT2D eigenvalue weighted by molar-refractivity contribution is 0.126. The Bertz CT molecular complexity index is 415. The second-order valence-electron chi connectivity index (χ2n) is 4.15. The lowest BCUT2D eigenvalue weighted by Crippen LogP contribution is -2.20. The summed E-state index contributed by atoms with van der Waals surface area (Å²) in [5, 5.41) is 12.0. The Hall–Kier alpha value is -1.09. The van der Waals surface area contributed by atoms with Crippen molar-refractivity contribution < 1.29 is 4.74 Å². The fourth-order valence-electron chi connectivity index (χ4n) is 1.33. The Kier molecular flexibility index (Phi) is 6.73. The van der Waals surface area contributed by atoms with Gasteiger partial charge in [0.05, 0.1) is 18.8 Å². The van der Waals surface area contributed by atoms with Crippen molar-refractivity contribution in [2.45, 2.75) is 0 Å². The molecule has 98 valence electrons. The SMILES string of the molecule is CN(C)CCOCCNc1ccc(C#N)c(Br)c1. The van der Waals surface area contributed by atoms with Gasteiger partial charge in [-0.1, -0.05) is 0 Å². The quantitative estimate of drug-likeness (QED) is 0.785. The molecule has 0 spiro atoms. The average Bonchev–Trinajstić information content (AvgIpc) is 2.33. The highest BCUT2D eigenvalue weighted by molar-refractivity contribution is 9.10. The van der Waals surface area contributed by atoms with Crippen LogP contribution in [0.2, 0.25) is 0 Å². The van der Waals surface area contributed by atoms with E-state index in [-0.39, 0.29) is 0 Å². The average molecular weight is 312 g/mol. The summed E-state index contributed by atoms with van der Waals surface area (Å²) in [4.78, 5) is 2.09. The van der Waals surface area contributed by atoms with Crippen molar-refractivity contribution in [3.05, 3.63) is 28.2 Å². The summed E-state index contributed by atoms with van der Waals surface area (Å²) >= 11 is 3.36. The molecule has 0 amide bonds. The van der Waals surface area contributed by atoms with Crippen LogP contribution < -0.4 is 5.32 Å². The number of nitrogens with zero attached hydrogens (tertiary/aromatic N) is 2. The van der Waals surface area contributed by atoms with E-state index in [1.807, 2.05) is 26.2 Å². The molecule has 4 nitrogen and oxygen atoms in total. The summed E-state index contributed by atoms with van der Waals surface area (Å²) in [5.41, 5.74) is 1.62. The number of anilines is 1. The molecule has 18 heavy (non-hydrogen) atoms. The molecule has 1 aromatic carbocycles. The van der Waals surface area contributed by atoms with Gasteiger partial charge in [-0.25, -0.2) is 0 Å². The number of halogens is 1. The van der Waals surface area contributed by atoms with E-state index < -0.39 is 0 Å². The first-order valence-electron chi connectivity index (χ1n) is 5.79. The topological polar surface area (TPSA) is 48.3 Å². The summed E-state index contributed by atoms with van der Waals surface area (Å²) in [6.07, 6.45) is 0. The van der Waals surface area contributed by atoms with Gasteiger partial charge in [-0.3, -0.25) is 0 Å². The predicted octanol–water partition coefficient (Wildman–Crippen LogP) is 2.31. The van der Waals surface area contributed by atoms with Crippen LogP contribution in [0.5, 0.6) is 0 Å². The van der Waals surface area contributed by atoms with E-state index in [2.05, 4.69) is 32.2 Å². The Morgan fingerprint density at radius 3 is 2.78 bits per heavy atom. The molecule has 0 fully saturated rings. The van der Waals surface area contributed by atoms with Crippen LogP contribution in [0, 0.1) is 11.3 Å². The normalized spacial score (nSPS) is 10.4. The number of ether oxygens (including phenoxy) is 1. The maximum absolute atomic E-state index is 8.80. The molecule has 0 aliphatic heterocycles. The number of hydrogen-bond acceptors (Lipinski definition) is 4. The molecule has 1 rings (SSSR count). The lowest BCUT2D eigenvalue weighted by atomic mass is 10.2. The Balaban J connectivity index is 2.24. The fourth-order valence-corrected chi connectivity index (χ4v) is 1.80. The first kappa shape index (κ1) is 15.0. The molecule has 0 atom stereocenters. The molecule has 0 heterocycles. The van der Waals surface area contributed by atoms with Gasteiger partial charge in [0.25, 0.3) is 0 Å². The molecular formula is C13H18BrN3O. The maximum Gasteiger partial charge on any atom is 0.100 e. The van der Waals surface area contributed by atoms with Crippen LogP contribution in [-0.4, -0.2) is 45.3 Å². The highest BCUT2D eigenvalue weighted by Gasteiger charge is 2.00. The predicted molar refractivity (Wildman–Crippen MR) is 76.7 cm³/mol. The highest BCUT2D eigenvalue weighted by Crippen LogP contribution is 2.20. The number of nitrogens with one attached hydrogen (secondary N) is 1. The highest BCUT2D eigenvalue weighted by atomic mass is 79.9. The number of hydrogen-bond donors (Lipinski definition) is 1. The van der Waals surface area contributed by atoms with Crippen LogP contribution in [0.1, 0.15) is 5.56 Å². The maximum atomic E-state index is 8.80. The third-order valence-electron chi connectivity index (χ3n) is 2.35. The first-order chi connectivity index (χ1) is 8.63. The van der Waals surface area contributed by atoms with E-state index in [4.69, 9.17) is 10.00 Å². The van der Waals surface area contributed by atoms with E-state index >= 15 is 0 Å².